The van der Waals surface area contributed by atoms with Crippen LogP contribution in [0.15, 0.2) is 66.9 Å². The van der Waals surface area contributed by atoms with E-state index in [1.165, 1.54) is 30.5 Å². The minimum Gasteiger partial charge on any atom is -0.497 e. The lowest BCUT2D eigenvalue weighted by Gasteiger charge is -2.08. The van der Waals surface area contributed by atoms with E-state index in [4.69, 9.17) is 4.74 Å². The summed E-state index contributed by atoms with van der Waals surface area (Å²) in [7, 11) is 1.60. The summed E-state index contributed by atoms with van der Waals surface area (Å²) in [6.45, 7) is 0. The molecule has 126 valence electrons. The Bertz CT molecular complexity index is 865. The molecule has 0 atom stereocenters. The van der Waals surface area contributed by atoms with Crippen LogP contribution in [0.4, 0.5) is 21.6 Å². The van der Waals surface area contributed by atoms with Crippen LogP contribution in [-0.2, 0) is 0 Å². The van der Waals surface area contributed by atoms with Crippen molar-refractivity contribution < 1.29 is 13.9 Å². The highest BCUT2D eigenvalue weighted by atomic mass is 19.1. The molecule has 25 heavy (non-hydrogen) atoms. The number of benzene rings is 2. The van der Waals surface area contributed by atoms with Gasteiger partial charge in [0.2, 0.25) is 0 Å². The van der Waals surface area contributed by atoms with E-state index < -0.39 is 0 Å². The van der Waals surface area contributed by atoms with Crippen LogP contribution >= 0.6 is 0 Å². The van der Waals surface area contributed by atoms with Crippen molar-refractivity contribution >= 4 is 23.1 Å². The van der Waals surface area contributed by atoms with Gasteiger partial charge in [-0.15, -0.1) is 0 Å². The number of nitrogens with zero attached hydrogens (tertiary/aromatic N) is 1. The van der Waals surface area contributed by atoms with Gasteiger partial charge in [0, 0.05) is 23.6 Å². The third kappa shape index (κ3) is 4.32. The van der Waals surface area contributed by atoms with Crippen LogP contribution in [0, 0.1) is 5.82 Å². The van der Waals surface area contributed by atoms with Gasteiger partial charge in [0.05, 0.1) is 12.7 Å². The minimum absolute atomic E-state index is 0.313. The number of rotatable bonds is 5. The Labute approximate surface area is 144 Å². The van der Waals surface area contributed by atoms with Gasteiger partial charge in [0.15, 0.2) is 0 Å². The molecular weight excluding hydrogens is 321 g/mol. The van der Waals surface area contributed by atoms with E-state index in [9.17, 15) is 9.18 Å². The Hall–Kier alpha value is -3.41. The van der Waals surface area contributed by atoms with Crippen LogP contribution in [0.1, 0.15) is 10.4 Å². The molecule has 2 N–H and O–H groups in total. The highest BCUT2D eigenvalue weighted by Crippen LogP contribution is 2.20. The molecule has 1 heterocycles. The third-order valence-electron chi connectivity index (χ3n) is 3.47. The van der Waals surface area contributed by atoms with E-state index in [0.29, 0.717) is 17.1 Å². The number of aromatic nitrogens is 1. The zero-order chi connectivity index (χ0) is 17.6. The summed E-state index contributed by atoms with van der Waals surface area (Å²) in [4.78, 5) is 16.4. The highest BCUT2D eigenvalue weighted by molar-refractivity contribution is 6.04. The second-order valence-electron chi connectivity index (χ2n) is 5.25. The van der Waals surface area contributed by atoms with E-state index in [-0.39, 0.29) is 11.7 Å². The molecule has 0 aliphatic carbocycles. The molecule has 0 radical (unpaired) electrons. The first-order valence-electron chi connectivity index (χ1n) is 7.58. The number of ether oxygens (including phenoxy) is 1. The van der Waals surface area contributed by atoms with Gasteiger partial charge in [-0.25, -0.2) is 9.37 Å². The van der Waals surface area contributed by atoms with Gasteiger partial charge in [-0.1, -0.05) is 6.07 Å². The van der Waals surface area contributed by atoms with Crippen LogP contribution in [0.2, 0.25) is 0 Å². The van der Waals surface area contributed by atoms with E-state index in [0.717, 1.165) is 11.4 Å². The molecule has 1 amide bonds. The van der Waals surface area contributed by atoms with Crippen molar-refractivity contribution in [2.24, 2.45) is 0 Å². The predicted molar refractivity (Wildman–Crippen MR) is 94.9 cm³/mol. The minimum atomic E-state index is -0.354. The number of methoxy groups -OCH3 is 1. The molecule has 0 aliphatic heterocycles. The van der Waals surface area contributed by atoms with Crippen molar-refractivity contribution in [1.29, 1.82) is 0 Å². The second-order valence-corrected chi connectivity index (χ2v) is 5.25. The molecule has 1 aromatic heterocycles. The molecule has 0 bridgehead atoms. The topological polar surface area (TPSA) is 63.2 Å². The summed E-state index contributed by atoms with van der Waals surface area (Å²) < 4.78 is 18.1. The fourth-order valence-corrected chi connectivity index (χ4v) is 2.19. The van der Waals surface area contributed by atoms with Gasteiger partial charge in [0.1, 0.15) is 17.4 Å². The van der Waals surface area contributed by atoms with Crippen molar-refractivity contribution in [2.75, 3.05) is 17.7 Å². The number of anilines is 3. The van der Waals surface area contributed by atoms with Crippen molar-refractivity contribution in [3.63, 3.8) is 0 Å². The highest BCUT2D eigenvalue weighted by Gasteiger charge is 2.07. The number of pyridine rings is 1. The Morgan fingerprint density at radius 2 is 1.84 bits per heavy atom. The third-order valence-corrected chi connectivity index (χ3v) is 3.47. The molecule has 0 spiro atoms. The first-order valence-corrected chi connectivity index (χ1v) is 7.58. The summed E-state index contributed by atoms with van der Waals surface area (Å²) >= 11 is 0. The zero-order valence-corrected chi connectivity index (χ0v) is 13.5. The zero-order valence-electron chi connectivity index (χ0n) is 13.5. The quantitative estimate of drug-likeness (QED) is 0.731. The van der Waals surface area contributed by atoms with Crippen LogP contribution in [0.3, 0.4) is 0 Å². The first kappa shape index (κ1) is 16.4. The number of hydrogen-bond acceptors (Lipinski definition) is 4. The maximum Gasteiger partial charge on any atom is 0.257 e. The van der Waals surface area contributed by atoms with Crippen molar-refractivity contribution in [3.05, 3.63) is 78.2 Å². The average molecular weight is 337 g/mol. The largest absolute Gasteiger partial charge is 0.497 e. The molecule has 3 aromatic rings. The van der Waals surface area contributed by atoms with Crippen molar-refractivity contribution in [2.45, 2.75) is 0 Å². The maximum atomic E-state index is 12.9. The second kappa shape index (κ2) is 7.44. The van der Waals surface area contributed by atoms with Crippen LogP contribution < -0.4 is 15.4 Å². The lowest BCUT2D eigenvalue weighted by Crippen LogP contribution is -2.12. The molecule has 6 heteroatoms. The summed E-state index contributed by atoms with van der Waals surface area (Å²) in [5.41, 5.74) is 1.75. The Morgan fingerprint density at radius 1 is 1.04 bits per heavy atom. The molecule has 0 fully saturated rings. The van der Waals surface area contributed by atoms with Gasteiger partial charge >= 0.3 is 0 Å². The standard InChI is InChI=1S/C19H16FN3O2/c1-25-17-4-2-3-16(11-17)22-18-10-5-13(12-21-18)19(24)23-15-8-6-14(20)7-9-15/h2-12H,1H3,(H,21,22)(H,23,24). The number of amides is 1. The predicted octanol–water partition coefficient (Wildman–Crippen LogP) is 4.23. The summed E-state index contributed by atoms with van der Waals surface area (Å²) in [6, 6.07) is 16.4. The average Bonchev–Trinajstić information content (AvgIpc) is 2.64. The van der Waals surface area contributed by atoms with E-state index >= 15 is 0 Å². The van der Waals surface area contributed by atoms with Crippen LogP contribution in [0.5, 0.6) is 5.75 Å². The number of carbonyl (C=O) groups is 1. The van der Waals surface area contributed by atoms with Crippen LogP contribution in [0.25, 0.3) is 0 Å². The molecule has 0 aliphatic rings. The summed E-state index contributed by atoms with van der Waals surface area (Å²) in [5.74, 6) is 0.673. The van der Waals surface area contributed by atoms with E-state index in [1.54, 1.807) is 19.2 Å². The number of hydrogen-bond donors (Lipinski definition) is 2. The molecule has 0 saturated carbocycles. The van der Waals surface area contributed by atoms with Gasteiger partial charge in [-0.2, -0.15) is 0 Å². The summed E-state index contributed by atoms with van der Waals surface area (Å²) in [5, 5.41) is 5.82. The normalized spacial score (nSPS) is 10.2. The summed E-state index contributed by atoms with van der Waals surface area (Å²) in [6.07, 6.45) is 1.47. The van der Waals surface area contributed by atoms with Gasteiger partial charge in [-0.3, -0.25) is 4.79 Å². The smallest absolute Gasteiger partial charge is 0.257 e. The fraction of sp³-hybridized carbons (Fsp3) is 0.0526. The first-order chi connectivity index (χ1) is 12.1. The molecule has 0 unspecified atom stereocenters. The number of halogens is 1. The Kier molecular flexibility index (Phi) is 4.89. The molecular formula is C19H16FN3O2. The molecule has 2 aromatic carbocycles. The fourth-order valence-electron chi connectivity index (χ4n) is 2.19. The van der Waals surface area contributed by atoms with Gasteiger partial charge in [0.25, 0.3) is 5.91 Å². The number of carbonyl (C=O) groups excluding carboxylic acids is 1. The van der Waals surface area contributed by atoms with Crippen LogP contribution in [-0.4, -0.2) is 18.0 Å². The maximum absolute atomic E-state index is 12.9. The van der Waals surface area contributed by atoms with Gasteiger partial charge in [-0.05, 0) is 48.5 Å². The van der Waals surface area contributed by atoms with Crippen molar-refractivity contribution in [1.82, 2.24) is 4.98 Å². The lowest BCUT2D eigenvalue weighted by molar-refractivity contribution is 0.102. The van der Waals surface area contributed by atoms with E-state index in [1.807, 2.05) is 24.3 Å². The molecule has 0 saturated heterocycles. The number of nitrogens with one attached hydrogen (secondary N) is 2. The Morgan fingerprint density at radius 3 is 2.52 bits per heavy atom. The monoisotopic (exact) mass is 337 g/mol. The Balaban J connectivity index is 1.66. The lowest BCUT2D eigenvalue weighted by atomic mass is 10.2. The van der Waals surface area contributed by atoms with Crippen molar-refractivity contribution in [3.8, 4) is 5.75 Å². The SMILES string of the molecule is COc1cccc(Nc2ccc(C(=O)Nc3ccc(F)cc3)cn2)c1. The van der Waals surface area contributed by atoms with E-state index in [2.05, 4.69) is 15.6 Å². The molecule has 5 nitrogen and oxygen atoms in total. The van der Waals surface area contributed by atoms with Gasteiger partial charge < -0.3 is 15.4 Å². The molecule has 3 rings (SSSR count).